The maximum absolute atomic E-state index is 13.4. The van der Waals surface area contributed by atoms with Crippen LogP contribution in [0.4, 0.5) is 8.78 Å². The van der Waals surface area contributed by atoms with Gasteiger partial charge in [0.2, 0.25) is 0 Å². The van der Waals surface area contributed by atoms with E-state index in [1.807, 2.05) is 0 Å². The Balaban J connectivity index is 2.88. The van der Waals surface area contributed by atoms with Crippen molar-refractivity contribution in [3.63, 3.8) is 0 Å². The number of H-pyrrole nitrogens is 1. The molecule has 1 heterocycles. The van der Waals surface area contributed by atoms with Crippen LogP contribution < -0.4 is 0 Å². The zero-order chi connectivity index (χ0) is 11.2. The van der Waals surface area contributed by atoms with E-state index in [-0.39, 0.29) is 11.2 Å². The van der Waals surface area contributed by atoms with Crippen LogP contribution in [0.5, 0.6) is 0 Å². The lowest BCUT2D eigenvalue weighted by Crippen LogP contribution is -1.93. The lowest BCUT2D eigenvalue weighted by Gasteiger charge is -1.95. The van der Waals surface area contributed by atoms with Crippen molar-refractivity contribution in [3.8, 4) is 0 Å². The molecule has 78 valence electrons. The number of rotatable bonds is 1. The van der Waals surface area contributed by atoms with Gasteiger partial charge in [-0.15, -0.1) is 0 Å². The number of hydrogen-bond acceptors (Lipinski definition) is 1. The SMILES string of the molecule is CC(=O)c1[nH]c2cc(F)cc(F)c2c1C. The lowest BCUT2D eigenvalue weighted by molar-refractivity contribution is 0.101. The number of nitrogens with one attached hydrogen (secondary N) is 1. The second-order valence-electron chi connectivity index (χ2n) is 3.49. The molecule has 15 heavy (non-hydrogen) atoms. The number of Topliss-reactive ketones (excluding diaryl/α,β-unsaturated/α-hetero) is 1. The van der Waals surface area contributed by atoms with Crippen molar-refractivity contribution in [3.05, 3.63) is 35.0 Å². The Hall–Kier alpha value is -1.71. The summed E-state index contributed by atoms with van der Waals surface area (Å²) in [5.74, 6) is -1.49. The molecule has 1 aromatic carbocycles. The Morgan fingerprint density at radius 2 is 2.00 bits per heavy atom. The van der Waals surface area contributed by atoms with Crippen molar-refractivity contribution >= 4 is 16.7 Å². The predicted octanol–water partition coefficient (Wildman–Crippen LogP) is 2.96. The fraction of sp³-hybridized carbons (Fsp3) is 0.182. The van der Waals surface area contributed by atoms with Crippen LogP contribution in [-0.2, 0) is 0 Å². The number of benzene rings is 1. The Morgan fingerprint density at radius 3 is 2.60 bits per heavy atom. The summed E-state index contributed by atoms with van der Waals surface area (Å²) >= 11 is 0. The van der Waals surface area contributed by atoms with E-state index in [1.54, 1.807) is 6.92 Å². The minimum absolute atomic E-state index is 0.191. The first kappa shape index (κ1) is 9.83. The molecule has 0 fully saturated rings. The summed E-state index contributed by atoms with van der Waals surface area (Å²) in [5.41, 5.74) is 1.17. The van der Waals surface area contributed by atoms with Gasteiger partial charge in [0.1, 0.15) is 11.6 Å². The predicted molar refractivity (Wildman–Crippen MR) is 53.0 cm³/mol. The molecule has 2 rings (SSSR count). The van der Waals surface area contributed by atoms with Crippen LogP contribution in [0, 0.1) is 18.6 Å². The Kier molecular flexibility index (Phi) is 2.07. The highest BCUT2D eigenvalue weighted by Crippen LogP contribution is 2.25. The molecule has 0 spiro atoms. The minimum Gasteiger partial charge on any atom is -0.352 e. The van der Waals surface area contributed by atoms with E-state index in [0.29, 0.717) is 16.8 Å². The van der Waals surface area contributed by atoms with Gasteiger partial charge in [0.15, 0.2) is 5.78 Å². The number of ketones is 1. The maximum atomic E-state index is 13.4. The van der Waals surface area contributed by atoms with E-state index >= 15 is 0 Å². The number of carbonyl (C=O) groups excluding carboxylic acids is 1. The van der Waals surface area contributed by atoms with Gasteiger partial charge in [-0.3, -0.25) is 4.79 Å². The third kappa shape index (κ3) is 1.42. The molecule has 0 amide bonds. The van der Waals surface area contributed by atoms with E-state index in [1.165, 1.54) is 13.0 Å². The summed E-state index contributed by atoms with van der Waals surface area (Å²) in [6.07, 6.45) is 0. The molecule has 0 aliphatic rings. The molecular formula is C11H9F2NO. The van der Waals surface area contributed by atoms with Crippen molar-refractivity contribution in [2.45, 2.75) is 13.8 Å². The topological polar surface area (TPSA) is 32.9 Å². The zero-order valence-corrected chi connectivity index (χ0v) is 8.32. The highest BCUT2D eigenvalue weighted by atomic mass is 19.1. The van der Waals surface area contributed by atoms with E-state index in [9.17, 15) is 13.6 Å². The third-order valence-electron chi connectivity index (χ3n) is 2.42. The number of fused-ring (bicyclic) bond motifs is 1. The normalized spacial score (nSPS) is 10.9. The van der Waals surface area contributed by atoms with Gasteiger partial charge < -0.3 is 4.98 Å². The van der Waals surface area contributed by atoms with Crippen LogP contribution in [0.3, 0.4) is 0 Å². The molecule has 0 aliphatic carbocycles. The average molecular weight is 209 g/mol. The minimum atomic E-state index is -0.656. The Labute approximate surface area is 84.9 Å². The first-order valence-electron chi connectivity index (χ1n) is 4.49. The Morgan fingerprint density at radius 1 is 1.33 bits per heavy atom. The van der Waals surface area contributed by atoms with E-state index < -0.39 is 11.6 Å². The molecular weight excluding hydrogens is 200 g/mol. The molecule has 2 aromatic rings. The molecule has 1 N–H and O–H groups in total. The summed E-state index contributed by atoms with van der Waals surface area (Å²) in [6, 6.07) is 1.99. The number of aryl methyl sites for hydroxylation is 1. The van der Waals surface area contributed by atoms with Crippen molar-refractivity contribution in [1.29, 1.82) is 0 Å². The smallest absolute Gasteiger partial charge is 0.176 e. The van der Waals surface area contributed by atoms with Gasteiger partial charge in [0, 0.05) is 18.4 Å². The first-order chi connectivity index (χ1) is 7.00. The molecule has 0 saturated heterocycles. The quantitative estimate of drug-likeness (QED) is 0.719. The van der Waals surface area contributed by atoms with E-state index in [0.717, 1.165) is 6.07 Å². The van der Waals surface area contributed by atoms with Crippen molar-refractivity contribution in [2.24, 2.45) is 0 Å². The molecule has 0 aliphatic heterocycles. The molecule has 0 saturated carbocycles. The highest BCUT2D eigenvalue weighted by Gasteiger charge is 2.15. The molecule has 0 bridgehead atoms. The van der Waals surface area contributed by atoms with E-state index in [4.69, 9.17) is 0 Å². The summed E-state index contributed by atoms with van der Waals surface area (Å²) < 4.78 is 26.3. The van der Waals surface area contributed by atoms with Gasteiger partial charge in [0.05, 0.1) is 11.2 Å². The molecule has 0 atom stereocenters. The molecule has 0 unspecified atom stereocenters. The lowest BCUT2D eigenvalue weighted by atomic mass is 10.1. The number of hydrogen-bond donors (Lipinski definition) is 1. The van der Waals surface area contributed by atoms with Gasteiger partial charge in [-0.05, 0) is 18.6 Å². The number of aromatic amines is 1. The maximum Gasteiger partial charge on any atom is 0.176 e. The third-order valence-corrected chi connectivity index (χ3v) is 2.42. The second kappa shape index (κ2) is 3.15. The fourth-order valence-electron chi connectivity index (χ4n) is 1.76. The number of carbonyl (C=O) groups is 1. The summed E-state index contributed by atoms with van der Waals surface area (Å²) in [6.45, 7) is 3.02. The van der Waals surface area contributed by atoms with E-state index in [2.05, 4.69) is 4.98 Å². The largest absolute Gasteiger partial charge is 0.352 e. The first-order valence-corrected chi connectivity index (χ1v) is 4.49. The molecule has 1 aromatic heterocycles. The van der Waals surface area contributed by atoms with Gasteiger partial charge in [-0.1, -0.05) is 0 Å². The van der Waals surface area contributed by atoms with Gasteiger partial charge in [0.25, 0.3) is 0 Å². The standard InChI is InChI=1S/C11H9F2NO/c1-5-10-8(13)3-7(12)4-9(10)14-11(5)6(2)15/h3-4,14H,1-2H3. The number of aromatic nitrogens is 1. The molecule has 2 nitrogen and oxygen atoms in total. The Bertz CT molecular complexity index is 557. The highest BCUT2D eigenvalue weighted by molar-refractivity contribution is 6.00. The van der Waals surface area contributed by atoms with Crippen LogP contribution in [-0.4, -0.2) is 10.8 Å². The second-order valence-corrected chi connectivity index (χ2v) is 3.49. The zero-order valence-electron chi connectivity index (χ0n) is 8.32. The van der Waals surface area contributed by atoms with Crippen LogP contribution in [0.25, 0.3) is 10.9 Å². The summed E-state index contributed by atoms with van der Waals surface area (Å²) in [7, 11) is 0. The van der Waals surface area contributed by atoms with Gasteiger partial charge in [-0.25, -0.2) is 8.78 Å². The van der Waals surface area contributed by atoms with Crippen molar-refractivity contribution in [1.82, 2.24) is 4.98 Å². The van der Waals surface area contributed by atoms with Gasteiger partial charge in [-0.2, -0.15) is 0 Å². The monoisotopic (exact) mass is 209 g/mol. The summed E-state index contributed by atoms with van der Waals surface area (Å²) in [5, 5.41) is 0.279. The molecule has 0 radical (unpaired) electrons. The van der Waals surface area contributed by atoms with Gasteiger partial charge >= 0.3 is 0 Å². The van der Waals surface area contributed by atoms with Crippen LogP contribution in [0.2, 0.25) is 0 Å². The number of halogens is 2. The molecule has 4 heteroatoms. The van der Waals surface area contributed by atoms with Crippen molar-refractivity contribution in [2.75, 3.05) is 0 Å². The fourth-order valence-corrected chi connectivity index (χ4v) is 1.76. The average Bonchev–Trinajstić information content (AvgIpc) is 2.42. The summed E-state index contributed by atoms with van der Waals surface area (Å²) in [4.78, 5) is 13.9. The van der Waals surface area contributed by atoms with Crippen LogP contribution in [0.1, 0.15) is 23.0 Å². The van der Waals surface area contributed by atoms with Crippen LogP contribution in [0.15, 0.2) is 12.1 Å². The van der Waals surface area contributed by atoms with Crippen molar-refractivity contribution < 1.29 is 13.6 Å². The van der Waals surface area contributed by atoms with Crippen LogP contribution >= 0.6 is 0 Å².